The van der Waals surface area contributed by atoms with E-state index in [1.807, 2.05) is 20.8 Å². The van der Waals surface area contributed by atoms with Gasteiger partial charge in [0.15, 0.2) is 0 Å². The third-order valence-electron chi connectivity index (χ3n) is 3.38. The molecule has 0 atom stereocenters. The van der Waals surface area contributed by atoms with E-state index in [1.165, 1.54) is 6.07 Å². The van der Waals surface area contributed by atoms with Gasteiger partial charge in [0.1, 0.15) is 11.6 Å². The molecule has 0 aromatic heterocycles. The Morgan fingerprint density at radius 3 is 2.61 bits per heavy atom. The van der Waals surface area contributed by atoms with E-state index in [2.05, 4.69) is 6.92 Å². The summed E-state index contributed by atoms with van der Waals surface area (Å²) in [7, 11) is 0. The Hall–Kier alpha value is -1.18. The zero-order valence-corrected chi connectivity index (χ0v) is 11.8. The summed E-state index contributed by atoms with van der Waals surface area (Å²) in [6.45, 7) is 8.07. The fourth-order valence-corrected chi connectivity index (χ4v) is 2.37. The van der Waals surface area contributed by atoms with E-state index in [4.69, 9.17) is 0 Å². The standard InChI is InChI=1S/C16H23FO/c1-5-6-7-14(18)11-16(3,4)15-10-13(17)9-8-12(15)2/h8-10H,5-7,11H2,1-4H3. The van der Waals surface area contributed by atoms with Gasteiger partial charge < -0.3 is 0 Å². The SMILES string of the molecule is CCCCC(=O)CC(C)(C)c1cc(F)ccc1C. The number of hydrogen-bond acceptors (Lipinski definition) is 1. The normalized spacial score (nSPS) is 11.6. The molecule has 1 aromatic rings. The fraction of sp³-hybridized carbons (Fsp3) is 0.562. The van der Waals surface area contributed by atoms with Crippen molar-refractivity contribution in [2.24, 2.45) is 0 Å². The zero-order chi connectivity index (χ0) is 13.8. The van der Waals surface area contributed by atoms with Crippen LogP contribution in [-0.4, -0.2) is 5.78 Å². The maximum absolute atomic E-state index is 13.3. The molecular weight excluding hydrogens is 227 g/mol. The number of carbonyl (C=O) groups is 1. The molecule has 0 aliphatic carbocycles. The molecular formula is C16H23FO. The summed E-state index contributed by atoms with van der Waals surface area (Å²) in [5.41, 5.74) is 1.69. The first kappa shape index (κ1) is 14.9. The van der Waals surface area contributed by atoms with E-state index in [1.54, 1.807) is 12.1 Å². The van der Waals surface area contributed by atoms with Crippen LogP contribution in [-0.2, 0) is 10.2 Å². The third kappa shape index (κ3) is 3.94. The van der Waals surface area contributed by atoms with Crippen molar-refractivity contribution in [3.8, 4) is 0 Å². The molecule has 0 amide bonds. The van der Waals surface area contributed by atoms with Crippen LogP contribution in [0.2, 0.25) is 0 Å². The number of hydrogen-bond donors (Lipinski definition) is 0. The molecule has 0 fully saturated rings. The topological polar surface area (TPSA) is 17.1 Å². The highest BCUT2D eigenvalue weighted by molar-refractivity contribution is 5.79. The Labute approximate surface area is 109 Å². The number of unbranched alkanes of at least 4 members (excludes halogenated alkanes) is 1. The number of Topliss-reactive ketones (excluding diaryl/α,β-unsaturated/α-hetero) is 1. The largest absolute Gasteiger partial charge is 0.300 e. The lowest BCUT2D eigenvalue weighted by Gasteiger charge is -2.26. The van der Waals surface area contributed by atoms with Crippen LogP contribution in [0.25, 0.3) is 0 Å². The van der Waals surface area contributed by atoms with Gasteiger partial charge in [-0.2, -0.15) is 0 Å². The molecule has 0 saturated carbocycles. The summed E-state index contributed by atoms with van der Waals surface area (Å²) >= 11 is 0. The van der Waals surface area contributed by atoms with Crippen LogP contribution in [0.3, 0.4) is 0 Å². The first-order chi connectivity index (χ1) is 8.36. The number of benzene rings is 1. The summed E-state index contributed by atoms with van der Waals surface area (Å²) in [5, 5.41) is 0. The van der Waals surface area contributed by atoms with E-state index < -0.39 is 0 Å². The van der Waals surface area contributed by atoms with Gasteiger partial charge in [0, 0.05) is 12.8 Å². The first-order valence-corrected chi connectivity index (χ1v) is 6.65. The minimum absolute atomic E-state index is 0.232. The van der Waals surface area contributed by atoms with Crippen molar-refractivity contribution in [3.63, 3.8) is 0 Å². The third-order valence-corrected chi connectivity index (χ3v) is 3.38. The number of halogens is 1. The maximum atomic E-state index is 13.3. The van der Waals surface area contributed by atoms with Crippen molar-refractivity contribution in [1.82, 2.24) is 0 Å². The number of aryl methyl sites for hydroxylation is 1. The molecule has 0 radical (unpaired) electrons. The van der Waals surface area contributed by atoms with Gasteiger partial charge in [0.25, 0.3) is 0 Å². The Bertz CT molecular complexity index is 421. The predicted octanol–water partition coefficient (Wildman–Crippen LogP) is 4.56. The molecule has 0 heterocycles. The minimum atomic E-state index is -0.295. The second-order valence-electron chi connectivity index (χ2n) is 5.66. The van der Waals surface area contributed by atoms with Crippen LogP contribution in [0.5, 0.6) is 0 Å². The smallest absolute Gasteiger partial charge is 0.133 e. The summed E-state index contributed by atoms with van der Waals surface area (Å²) in [5.74, 6) is 0.0372. The molecule has 0 saturated heterocycles. The Balaban J connectivity index is 2.85. The quantitative estimate of drug-likeness (QED) is 0.723. The van der Waals surface area contributed by atoms with Gasteiger partial charge in [-0.15, -0.1) is 0 Å². The summed E-state index contributed by atoms with van der Waals surface area (Å²) in [4.78, 5) is 11.9. The number of carbonyl (C=O) groups excluding carboxylic acids is 1. The van der Waals surface area contributed by atoms with E-state index in [0.29, 0.717) is 12.8 Å². The molecule has 0 bridgehead atoms. The molecule has 0 unspecified atom stereocenters. The average molecular weight is 250 g/mol. The number of rotatable bonds is 6. The molecule has 2 heteroatoms. The second-order valence-corrected chi connectivity index (χ2v) is 5.66. The molecule has 100 valence electrons. The van der Waals surface area contributed by atoms with E-state index >= 15 is 0 Å². The second kappa shape index (κ2) is 6.12. The molecule has 0 aliphatic heterocycles. The van der Waals surface area contributed by atoms with Gasteiger partial charge in [-0.3, -0.25) is 4.79 Å². The van der Waals surface area contributed by atoms with Crippen LogP contribution in [0.1, 0.15) is 57.6 Å². The lowest BCUT2D eigenvalue weighted by Crippen LogP contribution is -2.23. The van der Waals surface area contributed by atoms with Crippen LogP contribution in [0.15, 0.2) is 18.2 Å². The average Bonchev–Trinajstić information content (AvgIpc) is 2.29. The van der Waals surface area contributed by atoms with E-state index in [-0.39, 0.29) is 17.0 Å². The van der Waals surface area contributed by atoms with E-state index in [0.717, 1.165) is 24.0 Å². The lowest BCUT2D eigenvalue weighted by molar-refractivity contribution is -0.120. The van der Waals surface area contributed by atoms with E-state index in [9.17, 15) is 9.18 Å². The van der Waals surface area contributed by atoms with Crippen molar-refractivity contribution in [3.05, 3.63) is 35.1 Å². The van der Waals surface area contributed by atoms with Crippen LogP contribution >= 0.6 is 0 Å². The molecule has 0 aliphatic rings. The summed E-state index contributed by atoms with van der Waals surface area (Å²) < 4.78 is 13.3. The highest BCUT2D eigenvalue weighted by atomic mass is 19.1. The Kier molecular flexibility index (Phi) is 5.06. The molecule has 1 nitrogen and oxygen atoms in total. The van der Waals surface area contributed by atoms with Gasteiger partial charge in [0.2, 0.25) is 0 Å². The van der Waals surface area contributed by atoms with Crippen molar-refractivity contribution in [2.75, 3.05) is 0 Å². The highest BCUT2D eigenvalue weighted by Crippen LogP contribution is 2.31. The maximum Gasteiger partial charge on any atom is 0.133 e. The van der Waals surface area contributed by atoms with Crippen molar-refractivity contribution < 1.29 is 9.18 Å². The van der Waals surface area contributed by atoms with Crippen LogP contribution < -0.4 is 0 Å². The predicted molar refractivity (Wildman–Crippen MR) is 73.3 cm³/mol. The lowest BCUT2D eigenvalue weighted by atomic mass is 9.77. The van der Waals surface area contributed by atoms with Gasteiger partial charge in [0.05, 0.1) is 0 Å². The molecule has 1 aromatic carbocycles. The molecule has 0 N–H and O–H groups in total. The number of ketones is 1. The molecule has 0 spiro atoms. The van der Waals surface area contributed by atoms with Gasteiger partial charge >= 0.3 is 0 Å². The van der Waals surface area contributed by atoms with Gasteiger partial charge in [-0.05, 0) is 42.0 Å². The Morgan fingerprint density at radius 1 is 1.33 bits per heavy atom. The summed E-state index contributed by atoms with van der Waals surface area (Å²) in [6, 6.07) is 4.80. The van der Waals surface area contributed by atoms with Gasteiger partial charge in [-0.1, -0.05) is 33.3 Å². The monoisotopic (exact) mass is 250 g/mol. The summed E-state index contributed by atoms with van der Waals surface area (Å²) in [6.07, 6.45) is 3.09. The van der Waals surface area contributed by atoms with Crippen molar-refractivity contribution in [1.29, 1.82) is 0 Å². The van der Waals surface area contributed by atoms with Gasteiger partial charge in [-0.25, -0.2) is 4.39 Å². The van der Waals surface area contributed by atoms with Crippen molar-refractivity contribution >= 4 is 5.78 Å². The zero-order valence-electron chi connectivity index (χ0n) is 11.8. The fourth-order valence-electron chi connectivity index (χ4n) is 2.37. The first-order valence-electron chi connectivity index (χ1n) is 6.65. The molecule has 1 rings (SSSR count). The highest BCUT2D eigenvalue weighted by Gasteiger charge is 2.25. The van der Waals surface area contributed by atoms with Crippen molar-refractivity contribution in [2.45, 2.75) is 58.8 Å². The van der Waals surface area contributed by atoms with Crippen LogP contribution in [0, 0.1) is 12.7 Å². The Morgan fingerprint density at radius 2 is 2.00 bits per heavy atom. The minimum Gasteiger partial charge on any atom is -0.300 e. The molecule has 18 heavy (non-hydrogen) atoms. The van der Waals surface area contributed by atoms with Crippen LogP contribution in [0.4, 0.5) is 4.39 Å².